The minimum atomic E-state index is -1.15. The van der Waals surface area contributed by atoms with Gasteiger partial charge in [0.15, 0.2) is 0 Å². The number of ether oxygens (including phenoxy) is 1. The molecule has 0 bridgehead atoms. The highest BCUT2D eigenvalue weighted by Gasteiger charge is 2.16. The molecule has 6 nitrogen and oxygen atoms in total. The lowest BCUT2D eigenvalue weighted by molar-refractivity contribution is -0.764. The molecule has 0 unspecified atom stereocenters. The highest BCUT2D eigenvalue weighted by molar-refractivity contribution is 5.73. The number of rotatable bonds is 3. The second-order valence-electron chi connectivity index (χ2n) is 1.49. The molecule has 0 N–H and O–H groups in total. The van der Waals surface area contributed by atoms with Crippen LogP contribution in [0.15, 0.2) is 0 Å². The summed E-state index contributed by atoms with van der Waals surface area (Å²) in [6.07, 6.45) is -1.15. The van der Waals surface area contributed by atoms with Gasteiger partial charge in [-0.1, -0.05) is 0 Å². The highest BCUT2D eigenvalue weighted by atomic mass is 17.0. The molecule has 0 aromatic carbocycles. The minimum Gasteiger partial charge on any atom is -0.467 e. The van der Waals surface area contributed by atoms with E-state index < -0.39 is 17.2 Å². The number of nitrogens with zero attached hydrogens (tertiary/aromatic N) is 1. The van der Waals surface area contributed by atoms with Crippen molar-refractivity contribution in [1.82, 2.24) is 0 Å². The van der Waals surface area contributed by atoms with Crippen LogP contribution in [0.5, 0.6) is 0 Å². The summed E-state index contributed by atoms with van der Waals surface area (Å²) in [5.74, 6) is -0.767. The van der Waals surface area contributed by atoms with Gasteiger partial charge in [-0.25, -0.2) is 4.79 Å². The number of hydrogen-bond acceptors (Lipinski definition) is 5. The van der Waals surface area contributed by atoms with Gasteiger partial charge in [-0.3, -0.25) is 4.84 Å². The Kier molecular flexibility index (Phi) is 3.16. The Morgan fingerprint density at radius 1 is 1.70 bits per heavy atom. The summed E-state index contributed by atoms with van der Waals surface area (Å²) in [6.45, 7) is 1.23. The second kappa shape index (κ2) is 3.65. The Balaban J connectivity index is 3.72. The van der Waals surface area contributed by atoms with Crippen LogP contribution in [0.1, 0.15) is 6.92 Å². The lowest BCUT2D eigenvalue weighted by atomic mass is 10.4. The fraction of sp³-hybridized carbons (Fsp3) is 0.750. The number of methoxy groups -OCH3 is 1. The maximum Gasteiger partial charge on any atom is 0.334 e. The molecule has 0 saturated carbocycles. The van der Waals surface area contributed by atoms with E-state index in [0.29, 0.717) is 0 Å². The Labute approximate surface area is 56.8 Å². The van der Waals surface area contributed by atoms with Crippen LogP contribution in [-0.4, -0.2) is 24.3 Å². The molecule has 0 aromatic heterocycles. The molecule has 0 amide bonds. The average molecular weight is 149 g/mol. The molecule has 0 spiro atoms. The van der Waals surface area contributed by atoms with E-state index in [1.807, 2.05) is 0 Å². The normalized spacial score (nSPS) is 11.8. The smallest absolute Gasteiger partial charge is 0.334 e. The van der Waals surface area contributed by atoms with Gasteiger partial charge in [-0.2, -0.15) is 0 Å². The highest BCUT2D eigenvalue weighted by Crippen LogP contribution is 1.92. The predicted molar refractivity (Wildman–Crippen MR) is 29.6 cm³/mol. The quantitative estimate of drug-likeness (QED) is 0.314. The van der Waals surface area contributed by atoms with Gasteiger partial charge in [0.2, 0.25) is 6.10 Å². The van der Waals surface area contributed by atoms with Gasteiger partial charge < -0.3 is 4.74 Å². The Morgan fingerprint density at radius 3 is 2.50 bits per heavy atom. The second-order valence-corrected chi connectivity index (χ2v) is 1.49. The maximum atomic E-state index is 10.4. The first-order chi connectivity index (χ1) is 4.57. The van der Waals surface area contributed by atoms with Crippen LogP contribution < -0.4 is 0 Å². The van der Waals surface area contributed by atoms with Crippen molar-refractivity contribution in [3.8, 4) is 0 Å². The molecule has 10 heavy (non-hydrogen) atoms. The number of carbonyl (C=O) groups is 1. The van der Waals surface area contributed by atoms with Crippen LogP contribution in [0.25, 0.3) is 0 Å². The van der Waals surface area contributed by atoms with Crippen LogP contribution in [0.2, 0.25) is 0 Å². The van der Waals surface area contributed by atoms with E-state index in [1.54, 1.807) is 0 Å². The first kappa shape index (κ1) is 8.67. The van der Waals surface area contributed by atoms with E-state index >= 15 is 0 Å². The largest absolute Gasteiger partial charge is 0.467 e. The first-order valence-electron chi connectivity index (χ1n) is 2.47. The van der Waals surface area contributed by atoms with Crippen LogP contribution >= 0.6 is 0 Å². The molecule has 0 fully saturated rings. The van der Waals surface area contributed by atoms with Gasteiger partial charge >= 0.3 is 5.97 Å². The van der Waals surface area contributed by atoms with Crippen molar-refractivity contribution < 1.29 is 19.5 Å². The fourth-order valence-electron chi connectivity index (χ4n) is 0.338. The molecular formula is C4H7NO5. The zero-order valence-electron chi connectivity index (χ0n) is 5.57. The fourth-order valence-corrected chi connectivity index (χ4v) is 0.338. The van der Waals surface area contributed by atoms with Crippen LogP contribution in [0.3, 0.4) is 0 Å². The summed E-state index contributed by atoms with van der Waals surface area (Å²) in [4.78, 5) is 23.9. The number of esters is 1. The van der Waals surface area contributed by atoms with Crippen LogP contribution in [-0.2, 0) is 14.4 Å². The van der Waals surface area contributed by atoms with E-state index in [-0.39, 0.29) is 0 Å². The van der Waals surface area contributed by atoms with E-state index in [4.69, 9.17) is 0 Å². The van der Waals surface area contributed by atoms with Crippen molar-refractivity contribution in [3.05, 3.63) is 10.1 Å². The van der Waals surface area contributed by atoms with Crippen molar-refractivity contribution >= 4 is 5.97 Å². The SMILES string of the molecule is COC(=O)[C@H](C)O[N+](=O)[O-]. The van der Waals surface area contributed by atoms with E-state index in [1.165, 1.54) is 6.92 Å². The molecule has 0 aromatic rings. The summed E-state index contributed by atoms with van der Waals surface area (Å²) in [5.41, 5.74) is 0. The topological polar surface area (TPSA) is 78.7 Å². The lowest BCUT2D eigenvalue weighted by Crippen LogP contribution is -2.24. The Hall–Kier alpha value is -1.33. The molecule has 58 valence electrons. The molecule has 0 aliphatic carbocycles. The van der Waals surface area contributed by atoms with Crippen molar-refractivity contribution in [2.45, 2.75) is 13.0 Å². The molecule has 0 rings (SSSR count). The summed E-state index contributed by atoms with van der Waals surface area (Å²) >= 11 is 0. The summed E-state index contributed by atoms with van der Waals surface area (Å²) in [5, 5.41) is 8.57. The molecular weight excluding hydrogens is 142 g/mol. The van der Waals surface area contributed by atoms with Crippen molar-refractivity contribution in [1.29, 1.82) is 0 Å². The molecule has 0 heterocycles. The third-order valence-electron chi connectivity index (χ3n) is 0.777. The first-order valence-corrected chi connectivity index (χ1v) is 2.47. The van der Waals surface area contributed by atoms with Gasteiger partial charge in [0.05, 0.1) is 7.11 Å². The zero-order chi connectivity index (χ0) is 8.15. The molecule has 0 aliphatic heterocycles. The molecule has 0 aliphatic rings. The van der Waals surface area contributed by atoms with Gasteiger partial charge in [0.25, 0.3) is 5.09 Å². The van der Waals surface area contributed by atoms with Crippen LogP contribution in [0.4, 0.5) is 0 Å². The number of carbonyl (C=O) groups excluding carboxylic acids is 1. The molecule has 0 radical (unpaired) electrons. The van der Waals surface area contributed by atoms with E-state index in [9.17, 15) is 14.9 Å². The molecule has 1 atom stereocenters. The predicted octanol–water partition coefficient (Wildman–Crippen LogP) is -0.244. The molecule has 0 saturated heterocycles. The van der Waals surface area contributed by atoms with Crippen LogP contribution in [0, 0.1) is 10.1 Å². The van der Waals surface area contributed by atoms with Gasteiger partial charge in [0.1, 0.15) is 0 Å². The minimum absolute atomic E-state index is 0.767. The van der Waals surface area contributed by atoms with Crippen molar-refractivity contribution in [2.24, 2.45) is 0 Å². The molecule has 6 heteroatoms. The summed E-state index contributed by atoms with van der Waals surface area (Å²) < 4.78 is 4.14. The zero-order valence-corrected chi connectivity index (χ0v) is 5.57. The Bertz CT molecular complexity index is 145. The van der Waals surface area contributed by atoms with E-state index in [2.05, 4.69) is 9.57 Å². The summed E-state index contributed by atoms with van der Waals surface area (Å²) in [7, 11) is 1.13. The lowest BCUT2D eigenvalue weighted by Gasteiger charge is -2.04. The maximum absolute atomic E-state index is 10.4. The van der Waals surface area contributed by atoms with Crippen molar-refractivity contribution in [2.75, 3.05) is 7.11 Å². The van der Waals surface area contributed by atoms with Gasteiger partial charge in [-0.15, -0.1) is 10.1 Å². The summed E-state index contributed by atoms with van der Waals surface area (Å²) in [6, 6.07) is 0. The van der Waals surface area contributed by atoms with Gasteiger partial charge in [-0.05, 0) is 6.92 Å². The average Bonchev–Trinajstić information content (AvgIpc) is 1.85. The standard InChI is InChI=1S/C4H7NO5/c1-3(4(6)9-2)10-5(7)8/h3H,1-2H3/t3-/m0/s1. The monoisotopic (exact) mass is 149 g/mol. The third-order valence-corrected chi connectivity index (χ3v) is 0.777. The number of hydrogen-bond donors (Lipinski definition) is 0. The van der Waals surface area contributed by atoms with Crippen molar-refractivity contribution in [3.63, 3.8) is 0 Å². The third kappa shape index (κ3) is 2.85. The Morgan fingerprint density at radius 2 is 2.20 bits per heavy atom. The van der Waals surface area contributed by atoms with E-state index in [0.717, 1.165) is 7.11 Å². The van der Waals surface area contributed by atoms with Gasteiger partial charge in [0, 0.05) is 0 Å².